The van der Waals surface area contributed by atoms with Crippen LogP contribution in [0.25, 0.3) is 0 Å². The Morgan fingerprint density at radius 1 is 1.14 bits per heavy atom. The molecule has 0 aliphatic rings. The van der Waals surface area contributed by atoms with Crippen LogP contribution >= 0.6 is 11.6 Å². The summed E-state index contributed by atoms with van der Waals surface area (Å²) < 4.78 is 67.7. The number of ether oxygens (including phenoxy) is 1. The third-order valence-electron chi connectivity index (χ3n) is 2.51. The summed E-state index contributed by atoms with van der Waals surface area (Å²) in [7, 11) is -4.03. The lowest BCUT2D eigenvalue weighted by atomic mass is 10.3. The zero-order valence-corrected chi connectivity index (χ0v) is 12.3. The number of hydrogen-bond donors (Lipinski definition) is 1. The number of rotatable bonds is 5. The van der Waals surface area contributed by atoms with Gasteiger partial charge in [0.2, 0.25) is 0 Å². The van der Waals surface area contributed by atoms with Gasteiger partial charge in [0.05, 0.1) is 15.6 Å². The van der Waals surface area contributed by atoms with Gasteiger partial charge >= 0.3 is 6.61 Å². The van der Waals surface area contributed by atoms with Crippen LogP contribution in [-0.4, -0.2) is 15.0 Å². The van der Waals surface area contributed by atoms with Crippen LogP contribution in [0, 0.1) is 5.82 Å². The molecule has 4 nitrogen and oxygen atoms in total. The van der Waals surface area contributed by atoms with Gasteiger partial charge in [-0.2, -0.15) is 8.78 Å². The first-order valence-corrected chi connectivity index (χ1v) is 7.67. The smallest absolute Gasteiger partial charge is 0.387 e. The highest BCUT2D eigenvalue weighted by Gasteiger charge is 2.16. The van der Waals surface area contributed by atoms with Gasteiger partial charge in [0, 0.05) is 0 Å². The Labute approximate surface area is 129 Å². The van der Waals surface area contributed by atoms with Crippen LogP contribution in [0.3, 0.4) is 0 Å². The molecule has 0 aromatic heterocycles. The van der Waals surface area contributed by atoms with Crippen LogP contribution < -0.4 is 9.46 Å². The van der Waals surface area contributed by atoms with Crippen LogP contribution in [-0.2, 0) is 10.0 Å². The van der Waals surface area contributed by atoms with Crippen molar-refractivity contribution in [1.82, 2.24) is 0 Å². The van der Waals surface area contributed by atoms with E-state index in [1.807, 2.05) is 0 Å². The van der Waals surface area contributed by atoms with Gasteiger partial charge in [0.15, 0.2) is 0 Å². The fourth-order valence-electron chi connectivity index (χ4n) is 1.60. The number of alkyl halides is 2. The molecule has 0 bridgehead atoms. The first kappa shape index (κ1) is 16.4. The highest BCUT2D eigenvalue weighted by Crippen LogP contribution is 2.30. The highest BCUT2D eigenvalue weighted by atomic mass is 35.5. The number of nitrogens with one attached hydrogen (secondary N) is 1. The Balaban J connectivity index is 2.25. The fourth-order valence-corrected chi connectivity index (χ4v) is 2.91. The lowest BCUT2D eigenvalue weighted by Gasteiger charge is -2.11. The van der Waals surface area contributed by atoms with E-state index in [-0.39, 0.29) is 21.4 Å². The summed E-state index contributed by atoms with van der Waals surface area (Å²) in [6.45, 7) is -3.05. The van der Waals surface area contributed by atoms with E-state index < -0.39 is 22.5 Å². The fraction of sp³-hybridized carbons (Fsp3) is 0.0769. The Hall–Kier alpha value is -1.93. The lowest BCUT2D eigenvalue weighted by Crippen LogP contribution is -2.13. The van der Waals surface area contributed by atoms with Gasteiger partial charge in [-0.05, 0) is 36.4 Å². The Morgan fingerprint density at radius 3 is 2.45 bits per heavy atom. The second kappa shape index (κ2) is 6.45. The van der Waals surface area contributed by atoms with Crippen LogP contribution in [0.4, 0.5) is 18.9 Å². The third-order valence-corrected chi connectivity index (χ3v) is 4.18. The zero-order chi connectivity index (χ0) is 16.3. The monoisotopic (exact) mass is 351 g/mol. The first-order valence-electron chi connectivity index (χ1n) is 5.81. The van der Waals surface area contributed by atoms with Crippen LogP contribution in [0.1, 0.15) is 0 Å². The predicted molar refractivity (Wildman–Crippen MR) is 75.3 cm³/mol. The van der Waals surface area contributed by atoms with Crippen molar-refractivity contribution in [1.29, 1.82) is 0 Å². The minimum atomic E-state index is -4.03. The van der Waals surface area contributed by atoms with Crippen molar-refractivity contribution < 1.29 is 26.3 Å². The number of sulfonamides is 1. The molecule has 0 radical (unpaired) electrons. The summed E-state index contributed by atoms with van der Waals surface area (Å²) in [6.07, 6.45) is 0. The summed E-state index contributed by atoms with van der Waals surface area (Å²) in [5.41, 5.74) is 0.0240. The number of hydrogen-bond acceptors (Lipinski definition) is 3. The maximum atomic E-state index is 13.1. The average Bonchev–Trinajstić information content (AvgIpc) is 2.41. The van der Waals surface area contributed by atoms with Gasteiger partial charge in [-0.15, -0.1) is 0 Å². The van der Waals surface area contributed by atoms with E-state index in [9.17, 15) is 21.6 Å². The minimum absolute atomic E-state index is 0.0240. The summed E-state index contributed by atoms with van der Waals surface area (Å²) in [5, 5.41) is -0.195. The largest absolute Gasteiger partial charge is 0.433 e. The van der Waals surface area contributed by atoms with E-state index in [4.69, 9.17) is 11.6 Å². The first-order chi connectivity index (χ1) is 10.3. The van der Waals surface area contributed by atoms with E-state index in [1.54, 1.807) is 0 Å². The van der Waals surface area contributed by atoms with Crippen LogP contribution in [0.5, 0.6) is 5.75 Å². The molecule has 1 N–H and O–H groups in total. The molecule has 0 saturated heterocycles. The molecule has 0 heterocycles. The van der Waals surface area contributed by atoms with Gasteiger partial charge < -0.3 is 4.74 Å². The van der Waals surface area contributed by atoms with Gasteiger partial charge in [-0.1, -0.05) is 17.7 Å². The topological polar surface area (TPSA) is 55.4 Å². The van der Waals surface area contributed by atoms with E-state index >= 15 is 0 Å². The standard InChI is InChI=1S/C13H9ClF3NO3S/c14-11-7-9(4-5-12(11)21-13(16)17)18-22(19,20)10-3-1-2-8(15)6-10/h1-7,13,18H. The van der Waals surface area contributed by atoms with E-state index in [0.29, 0.717) is 0 Å². The summed E-state index contributed by atoms with van der Waals surface area (Å²) in [5.74, 6) is -0.994. The normalized spacial score (nSPS) is 11.5. The molecule has 2 aromatic carbocycles. The van der Waals surface area contributed by atoms with E-state index in [0.717, 1.165) is 24.3 Å². The van der Waals surface area contributed by atoms with Crippen LogP contribution in [0.15, 0.2) is 47.4 Å². The molecule has 0 unspecified atom stereocenters. The van der Waals surface area contributed by atoms with Crippen molar-refractivity contribution in [2.24, 2.45) is 0 Å². The Kier molecular flexibility index (Phi) is 4.82. The SMILES string of the molecule is O=S(=O)(Nc1ccc(OC(F)F)c(Cl)c1)c1cccc(F)c1. The molecule has 0 saturated carbocycles. The Bertz CT molecular complexity index is 784. The van der Waals surface area contributed by atoms with Crippen molar-refractivity contribution >= 4 is 27.3 Å². The second-order valence-corrected chi connectivity index (χ2v) is 6.18. The highest BCUT2D eigenvalue weighted by molar-refractivity contribution is 7.92. The molecule has 22 heavy (non-hydrogen) atoms. The van der Waals surface area contributed by atoms with E-state index in [1.165, 1.54) is 18.2 Å². The molecule has 2 rings (SSSR count). The van der Waals surface area contributed by atoms with Crippen molar-refractivity contribution in [3.05, 3.63) is 53.3 Å². The molecular formula is C13H9ClF3NO3S. The predicted octanol–water partition coefficient (Wildman–Crippen LogP) is 3.88. The quantitative estimate of drug-likeness (QED) is 0.889. The van der Waals surface area contributed by atoms with Crippen molar-refractivity contribution in [3.8, 4) is 5.75 Å². The average molecular weight is 352 g/mol. The number of anilines is 1. The summed E-state index contributed by atoms with van der Waals surface area (Å²) in [6, 6.07) is 7.80. The number of benzene rings is 2. The molecule has 0 atom stereocenters. The van der Waals surface area contributed by atoms with Crippen LogP contribution in [0.2, 0.25) is 5.02 Å². The Morgan fingerprint density at radius 2 is 1.86 bits per heavy atom. The second-order valence-electron chi connectivity index (χ2n) is 4.09. The molecule has 118 valence electrons. The minimum Gasteiger partial charge on any atom is -0.433 e. The molecule has 0 spiro atoms. The van der Waals surface area contributed by atoms with Gasteiger partial charge in [-0.25, -0.2) is 12.8 Å². The maximum absolute atomic E-state index is 13.1. The molecule has 0 aliphatic heterocycles. The van der Waals surface area contributed by atoms with Crippen molar-refractivity contribution in [3.63, 3.8) is 0 Å². The third kappa shape index (κ3) is 4.05. The molecule has 0 amide bonds. The molecule has 0 aliphatic carbocycles. The lowest BCUT2D eigenvalue weighted by molar-refractivity contribution is -0.0497. The van der Waals surface area contributed by atoms with Gasteiger partial charge in [-0.3, -0.25) is 4.72 Å². The molecule has 9 heteroatoms. The number of halogens is 4. The summed E-state index contributed by atoms with van der Waals surface area (Å²) in [4.78, 5) is -0.281. The van der Waals surface area contributed by atoms with E-state index in [2.05, 4.69) is 9.46 Å². The summed E-state index contributed by atoms with van der Waals surface area (Å²) >= 11 is 5.72. The molecular weight excluding hydrogens is 343 g/mol. The van der Waals surface area contributed by atoms with Crippen molar-refractivity contribution in [2.45, 2.75) is 11.5 Å². The van der Waals surface area contributed by atoms with Gasteiger partial charge in [0.1, 0.15) is 11.6 Å². The zero-order valence-electron chi connectivity index (χ0n) is 10.8. The van der Waals surface area contributed by atoms with Gasteiger partial charge in [0.25, 0.3) is 10.0 Å². The molecule has 0 fully saturated rings. The maximum Gasteiger partial charge on any atom is 0.387 e. The van der Waals surface area contributed by atoms with Crippen molar-refractivity contribution in [2.75, 3.05) is 4.72 Å². The molecule has 2 aromatic rings.